The summed E-state index contributed by atoms with van der Waals surface area (Å²) in [5.41, 5.74) is 4.44. The van der Waals surface area contributed by atoms with Crippen molar-refractivity contribution in [3.63, 3.8) is 0 Å². The van der Waals surface area contributed by atoms with Crippen LogP contribution in [-0.4, -0.2) is 21.1 Å². The molecule has 28 heavy (non-hydrogen) atoms. The summed E-state index contributed by atoms with van der Waals surface area (Å²) in [6.07, 6.45) is 0.877. The number of hydrogen-bond acceptors (Lipinski definition) is 4. The van der Waals surface area contributed by atoms with Crippen LogP contribution in [0.1, 0.15) is 16.8 Å². The van der Waals surface area contributed by atoms with Crippen LogP contribution in [0.2, 0.25) is 5.15 Å². The normalized spacial score (nSPS) is 13.5. The molecule has 6 heteroatoms. The first-order valence-electron chi connectivity index (χ1n) is 9.44. The van der Waals surface area contributed by atoms with Crippen LogP contribution in [0.4, 0.5) is 5.82 Å². The molecule has 0 bridgehead atoms. The molecule has 0 radical (unpaired) electrons. The molecule has 0 fully saturated rings. The highest BCUT2D eigenvalue weighted by Gasteiger charge is 2.20. The van der Waals surface area contributed by atoms with Crippen molar-refractivity contribution in [1.29, 1.82) is 0 Å². The molecule has 0 saturated heterocycles. The highest BCUT2D eigenvalue weighted by molar-refractivity contribution is 6.31. The van der Waals surface area contributed by atoms with Crippen LogP contribution in [-0.2, 0) is 19.5 Å². The third-order valence-electron chi connectivity index (χ3n) is 5.09. The SMILES string of the molecule is Clc1cc2ccccc2n1-c1nc2c(c(NCc3ccccc3)n1)CNCC2. The lowest BCUT2D eigenvalue weighted by atomic mass is 10.1. The quantitative estimate of drug-likeness (QED) is 0.545. The molecular weight excluding hydrogens is 370 g/mol. The van der Waals surface area contributed by atoms with E-state index in [2.05, 4.69) is 28.8 Å². The summed E-state index contributed by atoms with van der Waals surface area (Å²) in [4.78, 5) is 9.74. The van der Waals surface area contributed by atoms with Gasteiger partial charge in [0, 0.05) is 37.0 Å². The molecule has 1 aliphatic rings. The first-order chi connectivity index (χ1) is 13.8. The zero-order chi connectivity index (χ0) is 18.9. The summed E-state index contributed by atoms with van der Waals surface area (Å²) in [6, 6.07) is 20.4. The van der Waals surface area contributed by atoms with Crippen LogP contribution < -0.4 is 10.6 Å². The fraction of sp³-hybridized carbons (Fsp3) is 0.182. The molecule has 4 aromatic rings. The Labute approximate surface area is 168 Å². The summed E-state index contributed by atoms with van der Waals surface area (Å²) in [5.74, 6) is 1.48. The maximum absolute atomic E-state index is 6.56. The highest BCUT2D eigenvalue weighted by atomic mass is 35.5. The number of hydrogen-bond donors (Lipinski definition) is 2. The molecule has 5 nitrogen and oxygen atoms in total. The lowest BCUT2D eigenvalue weighted by Gasteiger charge is -2.21. The fourth-order valence-electron chi connectivity index (χ4n) is 3.68. The standard InChI is InChI=1S/C22H20ClN5/c23-20-12-16-8-4-5-9-19(16)28(20)22-26-18-10-11-24-14-17(18)21(27-22)25-13-15-6-2-1-3-7-15/h1-9,12,24H,10-11,13-14H2,(H,25,26,27). The van der Waals surface area contributed by atoms with Crippen molar-refractivity contribution in [1.82, 2.24) is 19.9 Å². The lowest BCUT2D eigenvalue weighted by molar-refractivity contribution is 0.624. The molecule has 5 rings (SSSR count). The second kappa shape index (κ2) is 7.26. The van der Waals surface area contributed by atoms with Crippen molar-refractivity contribution < 1.29 is 0 Å². The Balaban J connectivity index is 1.60. The van der Waals surface area contributed by atoms with Gasteiger partial charge in [-0.25, -0.2) is 4.98 Å². The zero-order valence-corrected chi connectivity index (χ0v) is 16.1. The number of anilines is 1. The van der Waals surface area contributed by atoms with Crippen molar-refractivity contribution in [2.24, 2.45) is 0 Å². The van der Waals surface area contributed by atoms with Gasteiger partial charge in [-0.05, 0) is 17.7 Å². The number of aromatic nitrogens is 3. The molecule has 2 N–H and O–H groups in total. The van der Waals surface area contributed by atoms with E-state index in [0.29, 0.717) is 17.6 Å². The van der Waals surface area contributed by atoms with E-state index in [1.807, 2.05) is 47.0 Å². The highest BCUT2D eigenvalue weighted by Crippen LogP contribution is 2.29. The zero-order valence-electron chi connectivity index (χ0n) is 15.3. The Morgan fingerprint density at radius 2 is 1.86 bits per heavy atom. The molecule has 0 atom stereocenters. The van der Waals surface area contributed by atoms with Gasteiger partial charge in [0.1, 0.15) is 11.0 Å². The van der Waals surface area contributed by atoms with Crippen molar-refractivity contribution in [2.45, 2.75) is 19.5 Å². The predicted octanol–water partition coefficient (Wildman–Crippen LogP) is 4.33. The Morgan fingerprint density at radius 1 is 1.04 bits per heavy atom. The Morgan fingerprint density at radius 3 is 2.75 bits per heavy atom. The van der Waals surface area contributed by atoms with E-state index in [0.717, 1.165) is 47.5 Å². The number of rotatable bonds is 4. The van der Waals surface area contributed by atoms with E-state index >= 15 is 0 Å². The number of halogens is 1. The molecule has 0 saturated carbocycles. The van der Waals surface area contributed by atoms with Crippen LogP contribution in [0, 0.1) is 0 Å². The Kier molecular flexibility index (Phi) is 4.47. The average Bonchev–Trinajstić information content (AvgIpc) is 3.08. The van der Waals surface area contributed by atoms with Gasteiger partial charge >= 0.3 is 0 Å². The molecule has 2 aromatic carbocycles. The molecule has 1 aliphatic heterocycles. The third-order valence-corrected chi connectivity index (χ3v) is 5.37. The molecule has 2 aromatic heterocycles. The fourth-order valence-corrected chi connectivity index (χ4v) is 3.97. The van der Waals surface area contributed by atoms with Crippen molar-refractivity contribution >= 4 is 28.3 Å². The van der Waals surface area contributed by atoms with Crippen molar-refractivity contribution in [3.05, 3.63) is 82.6 Å². The largest absolute Gasteiger partial charge is 0.366 e. The van der Waals surface area contributed by atoms with E-state index in [4.69, 9.17) is 21.6 Å². The van der Waals surface area contributed by atoms with Gasteiger partial charge in [0.05, 0.1) is 11.2 Å². The lowest BCUT2D eigenvalue weighted by Crippen LogP contribution is -2.27. The Hall–Kier alpha value is -2.89. The van der Waals surface area contributed by atoms with E-state index in [1.165, 1.54) is 5.56 Å². The number of nitrogens with one attached hydrogen (secondary N) is 2. The molecule has 140 valence electrons. The summed E-state index contributed by atoms with van der Waals surface area (Å²) < 4.78 is 1.92. The molecular formula is C22H20ClN5. The maximum Gasteiger partial charge on any atom is 0.237 e. The molecule has 0 aliphatic carbocycles. The maximum atomic E-state index is 6.56. The van der Waals surface area contributed by atoms with E-state index in [1.54, 1.807) is 0 Å². The number of benzene rings is 2. The smallest absolute Gasteiger partial charge is 0.237 e. The van der Waals surface area contributed by atoms with Crippen molar-refractivity contribution in [3.8, 4) is 5.95 Å². The second-order valence-electron chi connectivity index (χ2n) is 6.92. The van der Waals surface area contributed by atoms with Crippen molar-refractivity contribution in [2.75, 3.05) is 11.9 Å². The summed E-state index contributed by atoms with van der Waals surface area (Å²) in [6.45, 7) is 2.40. The van der Waals surface area contributed by atoms with Crippen LogP contribution in [0.25, 0.3) is 16.9 Å². The van der Waals surface area contributed by atoms with E-state index in [9.17, 15) is 0 Å². The van der Waals surface area contributed by atoms with Gasteiger partial charge in [0.15, 0.2) is 0 Å². The first kappa shape index (κ1) is 17.2. The number of para-hydroxylation sites is 1. The summed E-state index contributed by atoms with van der Waals surface area (Å²) in [5, 5.41) is 8.63. The van der Waals surface area contributed by atoms with Gasteiger partial charge in [0.25, 0.3) is 0 Å². The van der Waals surface area contributed by atoms with E-state index < -0.39 is 0 Å². The topological polar surface area (TPSA) is 54.8 Å². The number of fused-ring (bicyclic) bond motifs is 2. The summed E-state index contributed by atoms with van der Waals surface area (Å²) in [7, 11) is 0. The van der Waals surface area contributed by atoms with Gasteiger partial charge in [-0.2, -0.15) is 4.98 Å². The van der Waals surface area contributed by atoms with Gasteiger partial charge in [-0.3, -0.25) is 4.57 Å². The van der Waals surface area contributed by atoms with E-state index in [-0.39, 0.29) is 0 Å². The van der Waals surface area contributed by atoms with Gasteiger partial charge < -0.3 is 10.6 Å². The van der Waals surface area contributed by atoms with Gasteiger partial charge in [-0.15, -0.1) is 0 Å². The minimum atomic E-state index is 0.613. The predicted molar refractivity (Wildman–Crippen MR) is 113 cm³/mol. The Bertz CT molecular complexity index is 1140. The molecule has 0 unspecified atom stereocenters. The third kappa shape index (κ3) is 3.13. The molecule has 0 spiro atoms. The van der Waals surface area contributed by atoms with Crippen LogP contribution in [0.15, 0.2) is 60.7 Å². The summed E-state index contributed by atoms with van der Waals surface area (Å²) >= 11 is 6.56. The minimum Gasteiger partial charge on any atom is -0.366 e. The van der Waals surface area contributed by atoms with Gasteiger partial charge in [0.2, 0.25) is 5.95 Å². The first-order valence-corrected chi connectivity index (χ1v) is 9.82. The van der Waals surface area contributed by atoms with Crippen LogP contribution in [0.5, 0.6) is 0 Å². The molecule has 0 amide bonds. The van der Waals surface area contributed by atoms with Crippen LogP contribution >= 0.6 is 11.6 Å². The van der Waals surface area contributed by atoms with Crippen LogP contribution in [0.3, 0.4) is 0 Å². The minimum absolute atomic E-state index is 0.613. The van der Waals surface area contributed by atoms with Gasteiger partial charge in [-0.1, -0.05) is 60.1 Å². The molecule has 3 heterocycles. The second-order valence-corrected chi connectivity index (χ2v) is 7.31. The monoisotopic (exact) mass is 389 g/mol. The number of nitrogens with zero attached hydrogens (tertiary/aromatic N) is 3. The average molecular weight is 390 g/mol.